The Morgan fingerprint density at radius 3 is 2.83 bits per heavy atom. The minimum atomic E-state index is -1.01. The average molecular weight is 396 g/mol. The van der Waals surface area contributed by atoms with Crippen molar-refractivity contribution in [2.75, 3.05) is 24.5 Å². The number of carboxylic acid groups (broad SMARTS) is 1. The predicted molar refractivity (Wildman–Crippen MR) is 104 cm³/mol. The van der Waals surface area contributed by atoms with E-state index in [-0.39, 0.29) is 11.6 Å². The molecule has 1 aromatic heterocycles. The van der Waals surface area contributed by atoms with Crippen LogP contribution in [0, 0.1) is 17.1 Å². The molecule has 1 aromatic carbocycles. The lowest BCUT2D eigenvalue weighted by molar-refractivity contribution is 0.187. The van der Waals surface area contributed by atoms with Gasteiger partial charge in [-0.3, -0.25) is 0 Å². The first-order valence-corrected chi connectivity index (χ1v) is 9.60. The third-order valence-corrected chi connectivity index (χ3v) is 5.39. The second-order valence-electron chi connectivity index (χ2n) is 7.24. The van der Waals surface area contributed by atoms with E-state index in [2.05, 4.69) is 10.6 Å². The fourth-order valence-corrected chi connectivity index (χ4v) is 3.86. The Bertz CT molecular complexity index is 982. The minimum Gasteiger partial charge on any atom is -0.465 e. The second-order valence-corrected chi connectivity index (χ2v) is 7.24. The summed E-state index contributed by atoms with van der Waals surface area (Å²) in [5.41, 5.74) is 3.19. The molecule has 0 spiro atoms. The zero-order valence-electron chi connectivity index (χ0n) is 15.8. The van der Waals surface area contributed by atoms with E-state index in [1.807, 2.05) is 11.0 Å². The van der Waals surface area contributed by atoms with E-state index in [0.29, 0.717) is 49.7 Å². The molecule has 2 aliphatic heterocycles. The van der Waals surface area contributed by atoms with Crippen molar-refractivity contribution in [1.82, 2.24) is 20.6 Å². The van der Waals surface area contributed by atoms with E-state index in [4.69, 9.17) is 20.3 Å². The van der Waals surface area contributed by atoms with E-state index in [1.165, 1.54) is 12.1 Å². The number of aromatic nitrogens is 2. The van der Waals surface area contributed by atoms with Gasteiger partial charge in [-0.05, 0) is 25.0 Å². The number of anilines is 1. The van der Waals surface area contributed by atoms with Gasteiger partial charge in [0.25, 0.3) is 0 Å². The van der Waals surface area contributed by atoms with Gasteiger partial charge in [-0.2, -0.15) is 5.26 Å². The molecule has 0 atom stereocenters. The van der Waals surface area contributed by atoms with Crippen LogP contribution in [-0.4, -0.2) is 46.8 Å². The van der Waals surface area contributed by atoms with E-state index in [0.717, 1.165) is 24.2 Å². The van der Waals surface area contributed by atoms with Crippen LogP contribution in [0.3, 0.4) is 0 Å². The second kappa shape index (κ2) is 8.01. The van der Waals surface area contributed by atoms with Crippen LogP contribution in [0.4, 0.5) is 15.1 Å². The number of nitriles is 1. The number of hydrogen-bond acceptors (Lipinski definition) is 6. The third-order valence-electron chi connectivity index (χ3n) is 5.39. The van der Waals surface area contributed by atoms with Gasteiger partial charge in [0.1, 0.15) is 11.9 Å². The highest BCUT2D eigenvalue weighted by atomic mass is 19.1. The first kappa shape index (κ1) is 19.1. The molecule has 3 heterocycles. The average Bonchev–Trinajstić information content (AvgIpc) is 2.73. The lowest BCUT2D eigenvalue weighted by Crippen LogP contribution is -2.45. The maximum absolute atomic E-state index is 14.2. The summed E-state index contributed by atoms with van der Waals surface area (Å²) in [4.78, 5) is 22.4. The van der Waals surface area contributed by atoms with Crippen molar-refractivity contribution >= 4 is 12.0 Å². The highest BCUT2D eigenvalue weighted by Crippen LogP contribution is 2.30. The van der Waals surface area contributed by atoms with Gasteiger partial charge >= 0.3 is 6.09 Å². The summed E-state index contributed by atoms with van der Waals surface area (Å²) in [5, 5.41) is 23.7. The molecule has 1 amide bonds. The molecule has 150 valence electrons. The molecule has 4 rings (SSSR count). The molecule has 1 saturated heterocycles. The van der Waals surface area contributed by atoms with Crippen LogP contribution in [-0.2, 0) is 13.0 Å². The predicted octanol–water partition coefficient (Wildman–Crippen LogP) is 2.04. The number of amides is 1. The molecule has 2 aromatic rings. The van der Waals surface area contributed by atoms with Crippen LogP contribution >= 0.6 is 0 Å². The van der Waals surface area contributed by atoms with Crippen molar-refractivity contribution in [2.24, 2.45) is 0 Å². The van der Waals surface area contributed by atoms with Gasteiger partial charge in [0.15, 0.2) is 0 Å². The molecule has 0 radical (unpaired) electrons. The number of nitrogens with one attached hydrogen (secondary N) is 2. The lowest BCUT2D eigenvalue weighted by Gasteiger charge is -2.33. The van der Waals surface area contributed by atoms with Crippen LogP contribution < -0.4 is 15.5 Å². The summed E-state index contributed by atoms with van der Waals surface area (Å²) in [7, 11) is 0. The number of rotatable bonds is 3. The van der Waals surface area contributed by atoms with Crippen molar-refractivity contribution in [1.29, 1.82) is 5.26 Å². The number of nitrogens with zero attached hydrogens (tertiary/aromatic N) is 4. The first-order chi connectivity index (χ1) is 14.0. The number of piperidine rings is 1. The zero-order valence-corrected chi connectivity index (χ0v) is 15.8. The Morgan fingerprint density at radius 1 is 1.34 bits per heavy atom. The highest BCUT2D eigenvalue weighted by molar-refractivity contribution is 5.67. The molecular weight excluding hydrogens is 375 g/mol. The number of hydrogen-bond donors (Lipinski definition) is 3. The summed E-state index contributed by atoms with van der Waals surface area (Å²) in [6, 6.07) is 6.30. The molecule has 0 saturated carbocycles. The molecule has 9 heteroatoms. The van der Waals surface area contributed by atoms with Crippen molar-refractivity contribution in [2.45, 2.75) is 31.8 Å². The van der Waals surface area contributed by atoms with Gasteiger partial charge in [-0.25, -0.2) is 19.2 Å². The van der Waals surface area contributed by atoms with E-state index < -0.39 is 11.9 Å². The Kier molecular flexibility index (Phi) is 5.27. The van der Waals surface area contributed by atoms with Gasteiger partial charge in [-0.15, -0.1) is 0 Å². The Hall–Kier alpha value is -3.25. The summed E-state index contributed by atoms with van der Waals surface area (Å²) in [5.74, 6) is 0.0161. The van der Waals surface area contributed by atoms with Gasteiger partial charge < -0.3 is 20.6 Å². The van der Waals surface area contributed by atoms with Gasteiger partial charge in [0.05, 0.1) is 17.0 Å². The first-order valence-electron chi connectivity index (χ1n) is 9.60. The van der Waals surface area contributed by atoms with Gasteiger partial charge in [0.2, 0.25) is 5.95 Å². The molecular formula is C20H21FN6O2. The standard InChI is InChI=1S/C20H21FN6O2/c21-16-9-12(1-2-13(16)10-22)18-15-11-23-6-3-17(15)25-19(26-18)27-7-4-14(5-8-27)24-20(28)29/h1-2,9,14,23-24H,3-8,11H2,(H,28,29). The van der Waals surface area contributed by atoms with E-state index >= 15 is 0 Å². The molecule has 0 unspecified atom stereocenters. The van der Waals surface area contributed by atoms with Crippen LogP contribution in [0.1, 0.15) is 29.7 Å². The summed E-state index contributed by atoms with van der Waals surface area (Å²) < 4.78 is 14.2. The largest absolute Gasteiger partial charge is 0.465 e. The van der Waals surface area contributed by atoms with Crippen molar-refractivity contribution in [3.05, 3.63) is 40.8 Å². The van der Waals surface area contributed by atoms with Crippen molar-refractivity contribution < 1.29 is 14.3 Å². The fraction of sp³-hybridized carbons (Fsp3) is 0.400. The maximum Gasteiger partial charge on any atom is 0.404 e. The minimum absolute atomic E-state index is 0.00280. The lowest BCUT2D eigenvalue weighted by atomic mass is 9.99. The van der Waals surface area contributed by atoms with Gasteiger partial charge in [-0.1, -0.05) is 6.07 Å². The topological polar surface area (TPSA) is 114 Å². The normalized spacial score (nSPS) is 16.8. The maximum atomic E-state index is 14.2. The molecule has 3 N–H and O–H groups in total. The number of halogens is 1. The van der Waals surface area contributed by atoms with Crippen LogP contribution in [0.5, 0.6) is 0 Å². The third kappa shape index (κ3) is 3.98. The highest BCUT2D eigenvalue weighted by Gasteiger charge is 2.25. The molecule has 8 nitrogen and oxygen atoms in total. The Balaban J connectivity index is 1.67. The van der Waals surface area contributed by atoms with E-state index in [9.17, 15) is 9.18 Å². The number of carbonyl (C=O) groups is 1. The van der Waals surface area contributed by atoms with E-state index in [1.54, 1.807) is 6.07 Å². The smallest absolute Gasteiger partial charge is 0.404 e. The molecule has 0 bridgehead atoms. The molecule has 0 aliphatic carbocycles. The monoisotopic (exact) mass is 396 g/mol. The number of benzene rings is 1. The number of fused-ring (bicyclic) bond motifs is 1. The molecule has 2 aliphatic rings. The SMILES string of the molecule is N#Cc1ccc(-c2nc(N3CCC(NC(=O)O)CC3)nc3c2CNCC3)cc1F. The quantitative estimate of drug-likeness (QED) is 0.727. The summed E-state index contributed by atoms with van der Waals surface area (Å²) in [6.07, 6.45) is 1.10. The van der Waals surface area contributed by atoms with Crippen LogP contribution in [0.25, 0.3) is 11.3 Å². The zero-order chi connectivity index (χ0) is 20.4. The fourth-order valence-electron chi connectivity index (χ4n) is 3.86. The molecule has 29 heavy (non-hydrogen) atoms. The van der Waals surface area contributed by atoms with Crippen molar-refractivity contribution in [3.8, 4) is 17.3 Å². The van der Waals surface area contributed by atoms with Gasteiger partial charge in [0, 0.05) is 49.8 Å². The summed E-state index contributed by atoms with van der Waals surface area (Å²) in [6.45, 7) is 2.71. The Labute approximate surface area is 167 Å². The van der Waals surface area contributed by atoms with Crippen LogP contribution in [0.15, 0.2) is 18.2 Å². The Morgan fingerprint density at radius 2 is 2.14 bits per heavy atom. The van der Waals surface area contributed by atoms with Crippen molar-refractivity contribution in [3.63, 3.8) is 0 Å². The summed E-state index contributed by atoms with van der Waals surface area (Å²) >= 11 is 0. The molecule has 1 fully saturated rings. The van der Waals surface area contributed by atoms with Crippen LogP contribution in [0.2, 0.25) is 0 Å².